The van der Waals surface area contributed by atoms with E-state index in [9.17, 15) is 13.6 Å². The summed E-state index contributed by atoms with van der Waals surface area (Å²) in [7, 11) is 0. The van der Waals surface area contributed by atoms with E-state index in [2.05, 4.69) is 0 Å². The summed E-state index contributed by atoms with van der Waals surface area (Å²) in [6, 6.07) is 0. The lowest BCUT2D eigenvalue weighted by atomic mass is 10.1. The van der Waals surface area contributed by atoms with Gasteiger partial charge in [0, 0.05) is 19.0 Å². The van der Waals surface area contributed by atoms with Crippen molar-refractivity contribution in [1.29, 1.82) is 0 Å². The van der Waals surface area contributed by atoms with Crippen LogP contribution in [0.25, 0.3) is 0 Å². The molecule has 1 fully saturated rings. The van der Waals surface area contributed by atoms with Gasteiger partial charge in [0.2, 0.25) is 0 Å². The molecule has 2 atom stereocenters. The molecule has 0 bridgehead atoms. The number of amides is 1. The van der Waals surface area contributed by atoms with Crippen LogP contribution in [0, 0.1) is 5.92 Å². The van der Waals surface area contributed by atoms with E-state index in [4.69, 9.17) is 9.84 Å². The summed E-state index contributed by atoms with van der Waals surface area (Å²) in [5.41, 5.74) is 0. The molecule has 0 aromatic rings. The fourth-order valence-electron chi connectivity index (χ4n) is 1.43. The summed E-state index contributed by atoms with van der Waals surface area (Å²) in [4.78, 5) is 11.8. The monoisotopic (exact) mass is 222 g/mol. The Morgan fingerprint density at radius 2 is 2.43 bits per heavy atom. The molecule has 7 heteroatoms. The van der Waals surface area contributed by atoms with Gasteiger partial charge in [-0.05, 0) is 17.5 Å². The molecule has 6 nitrogen and oxygen atoms in total. The van der Waals surface area contributed by atoms with Crippen LogP contribution >= 0.6 is 0 Å². The lowest BCUT2D eigenvalue weighted by molar-refractivity contribution is 0.128. The number of hydrogen-bond acceptors (Lipinski definition) is 4. The van der Waals surface area contributed by atoms with Crippen LogP contribution in [0.3, 0.4) is 0 Å². The highest BCUT2D eigenvalue weighted by Gasteiger charge is 2.25. The Morgan fingerprint density at radius 1 is 1.71 bits per heavy atom. The molecule has 2 unspecified atom stereocenters. The molecule has 1 aliphatic rings. The molecule has 1 saturated heterocycles. The number of nitrogens with zero attached hydrogens (tertiary/aromatic N) is 1. The maximum Gasteiger partial charge on any atom is 0.407 e. The lowest BCUT2D eigenvalue weighted by Crippen LogP contribution is -2.27. The van der Waals surface area contributed by atoms with E-state index in [1.807, 2.05) is 0 Å². The molecule has 14 heavy (non-hydrogen) atoms. The highest BCUT2D eigenvalue weighted by molar-refractivity contribution is 7.78. The largest absolute Gasteiger partial charge is 0.771 e. The minimum Gasteiger partial charge on any atom is -0.771 e. The highest BCUT2D eigenvalue weighted by atomic mass is 32.2. The first-order valence-electron chi connectivity index (χ1n) is 4.21. The molecule has 1 N–H and O–H groups in total. The predicted octanol–water partition coefficient (Wildman–Crippen LogP) is -0.160. The Bertz CT molecular complexity index is 234. The predicted molar refractivity (Wildman–Crippen MR) is 47.4 cm³/mol. The average molecular weight is 222 g/mol. The van der Waals surface area contributed by atoms with Crippen molar-refractivity contribution in [3.05, 3.63) is 0 Å². The van der Waals surface area contributed by atoms with Crippen LogP contribution < -0.4 is 0 Å². The topological polar surface area (TPSA) is 89.9 Å². The van der Waals surface area contributed by atoms with Crippen molar-refractivity contribution < 1.29 is 23.4 Å². The quantitative estimate of drug-likeness (QED) is 0.667. The number of hydrogen-bond donors (Lipinski definition) is 1. The lowest BCUT2D eigenvalue weighted by Gasteiger charge is -2.13. The summed E-state index contributed by atoms with van der Waals surface area (Å²) in [5, 5.41) is 8.63. The number of carbonyl (C=O) groups is 1. The highest BCUT2D eigenvalue weighted by Crippen LogP contribution is 2.16. The first-order chi connectivity index (χ1) is 6.59. The summed E-state index contributed by atoms with van der Waals surface area (Å²) < 4.78 is 25.1. The first kappa shape index (κ1) is 11.4. The van der Waals surface area contributed by atoms with Crippen LogP contribution in [0.15, 0.2) is 0 Å². The maximum atomic E-state index is 10.5. The second kappa shape index (κ2) is 5.28. The van der Waals surface area contributed by atoms with Crippen molar-refractivity contribution in [1.82, 2.24) is 4.90 Å². The van der Waals surface area contributed by atoms with Gasteiger partial charge in [-0.1, -0.05) is 0 Å². The van der Waals surface area contributed by atoms with Crippen molar-refractivity contribution in [2.45, 2.75) is 6.42 Å². The molecule has 0 aromatic carbocycles. The van der Waals surface area contributed by atoms with Gasteiger partial charge in [-0.15, -0.1) is 0 Å². The molecule has 0 aromatic heterocycles. The Morgan fingerprint density at radius 3 is 2.93 bits per heavy atom. The summed E-state index contributed by atoms with van der Waals surface area (Å²) in [6.45, 7) is 1.24. The van der Waals surface area contributed by atoms with Gasteiger partial charge in [-0.25, -0.2) is 4.79 Å². The summed E-state index contributed by atoms with van der Waals surface area (Å²) in [6.07, 6.45) is -0.197. The van der Waals surface area contributed by atoms with Gasteiger partial charge >= 0.3 is 6.09 Å². The summed E-state index contributed by atoms with van der Waals surface area (Å²) in [5.74, 6) is -0.196. The fraction of sp³-hybridized carbons (Fsp3) is 0.857. The van der Waals surface area contributed by atoms with Gasteiger partial charge in [0.1, 0.15) is 5.94 Å². The van der Waals surface area contributed by atoms with Crippen LogP contribution in [0.1, 0.15) is 6.42 Å². The van der Waals surface area contributed by atoms with Gasteiger partial charge in [0.15, 0.2) is 0 Å². The van der Waals surface area contributed by atoms with E-state index in [0.717, 1.165) is 6.42 Å². The Labute approximate surface area is 84.1 Å². The standard InChI is InChI=1S/C7H13NO5S/c9-7(10)8-2-1-6(3-8)4-13-5-14(11)12/h6H,1-5H2,(H,9,10)(H,11,12)/p-1. The second-order valence-electron chi connectivity index (χ2n) is 3.18. The van der Waals surface area contributed by atoms with E-state index in [1.165, 1.54) is 4.90 Å². The number of carboxylic acid groups (broad SMARTS) is 1. The van der Waals surface area contributed by atoms with E-state index in [0.29, 0.717) is 19.7 Å². The third-order valence-electron chi connectivity index (χ3n) is 2.09. The maximum absolute atomic E-state index is 10.5. The molecule has 0 aliphatic carbocycles. The molecule has 1 aliphatic heterocycles. The van der Waals surface area contributed by atoms with E-state index < -0.39 is 17.2 Å². The Hall–Kier alpha value is -0.660. The van der Waals surface area contributed by atoms with Crippen molar-refractivity contribution in [2.24, 2.45) is 5.92 Å². The molecule has 0 spiro atoms. The molecule has 1 rings (SSSR count). The van der Waals surface area contributed by atoms with Gasteiger partial charge in [0.25, 0.3) is 0 Å². The molecular formula is C7H12NO5S-. The SMILES string of the molecule is O=C(O)N1CCC(COCS(=O)[O-])C1. The fourth-order valence-corrected chi connectivity index (χ4v) is 1.66. The van der Waals surface area contributed by atoms with Crippen LogP contribution in [0.4, 0.5) is 4.79 Å². The third-order valence-corrected chi connectivity index (χ3v) is 2.45. The Balaban J connectivity index is 2.16. The number of rotatable bonds is 4. The zero-order valence-electron chi connectivity index (χ0n) is 7.55. The third kappa shape index (κ3) is 3.60. The number of likely N-dealkylation sites (tertiary alicyclic amines) is 1. The molecule has 1 amide bonds. The minimum atomic E-state index is -2.19. The average Bonchev–Trinajstić information content (AvgIpc) is 2.52. The molecule has 1 heterocycles. The zero-order valence-corrected chi connectivity index (χ0v) is 8.37. The molecule has 82 valence electrons. The van der Waals surface area contributed by atoms with Gasteiger partial charge < -0.3 is 19.3 Å². The van der Waals surface area contributed by atoms with Crippen molar-refractivity contribution >= 4 is 17.2 Å². The van der Waals surface area contributed by atoms with Gasteiger partial charge in [0.05, 0.1) is 6.61 Å². The first-order valence-corrected chi connectivity index (χ1v) is 5.45. The van der Waals surface area contributed by atoms with Crippen LogP contribution in [0.2, 0.25) is 0 Å². The second-order valence-corrected chi connectivity index (χ2v) is 4.02. The smallest absolute Gasteiger partial charge is 0.407 e. The van der Waals surface area contributed by atoms with Gasteiger partial charge in [-0.3, -0.25) is 4.21 Å². The van der Waals surface area contributed by atoms with E-state index in [-0.39, 0.29) is 11.9 Å². The number of ether oxygens (including phenoxy) is 1. The van der Waals surface area contributed by atoms with Crippen LogP contribution in [-0.4, -0.2) is 50.5 Å². The van der Waals surface area contributed by atoms with Crippen LogP contribution in [-0.2, 0) is 15.8 Å². The van der Waals surface area contributed by atoms with E-state index >= 15 is 0 Å². The van der Waals surface area contributed by atoms with Crippen molar-refractivity contribution in [2.75, 3.05) is 25.6 Å². The molecule has 0 saturated carbocycles. The van der Waals surface area contributed by atoms with Crippen molar-refractivity contribution in [3.63, 3.8) is 0 Å². The van der Waals surface area contributed by atoms with E-state index in [1.54, 1.807) is 0 Å². The zero-order chi connectivity index (χ0) is 10.6. The van der Waals surface area contributed by atoms with Crippen LogP contribution in [0.5, 0.6) is 0 Å². The Kier molecular flexibility index (Phi) is 4.30. The van der Waals surface area contributed by atoms with Gasteiger partial charge in [-0.2, -0.15) is 0 Å². The van der Waals surface area contributed by atoms with Crippen molar-refractivity contribution in [3.8, 4) is 0 Å². The molecular weight excluding hydrogens is 210 g/mol. The summed E-state index contributed by atoms with van der Waals surface area (Å²) >= 11 is -2.19. The minimum absolute atomic E-state index is 0.120. The molecule has 0 radical (unpaired) electrons. The normalized spacial score (nSPS) is 23.8.